The highest BCUT2D eigenvalue weighted by molar-refractivity contribution is 6.31. The number of carbonyl (C=O) groups is 2. The monoisotopic (exact) mass is 402 g/mol. The van der Waals surface area contributed by atoms with E-state index in [0.29, 0.717) is 23.7 Å². The maximum atomic E-state index is 13.0. The lowest BCUT2D eigenvalue weighted by Crippen LogP contribution is -2.50. The number of aryl methyl sites for hydroxylation is 1. The van der Waals surface area contributed by atoms with Gasteiger partial charge in [0.25, 0.3) is 5.91 Å². The van der Waals surface area contributed by atoms with Crippen LogP contribution in [0.4, 0.5) is 0 Å². The summed E-state index contributed by atoms with van der Waals surface area (Å²) < 4.78 is 5.65. The summed E-state index contributed by atoms with van der Waals surface area (Å²) in [6, 6.07) is 14.2. The number of halogens is 1. The molecule has 6 heteroatoms. The van der Waals surface area contributed by atoms with Crippen molar-refractivity contribution >= 4 is 23.4 Å². The number of likely N-dealkylation sites (N-methyl/N-ethyl adjacent to an activating group) is 1. The van der Waals surface area contributed by atoms with Gasteiger partial charge in [-0.25, -0.2) is 0 Å². The normalized spacial score (nSPS) is 11.6. The molecule has 0 aromatic heterocycles. The molecule has 0 aliphatic heterocycles. The van der Waals surface area contributed by atoms with Crippen LogP contribution >= 0.6 is 11.6 Å². The van der Waals surface area contributed by atoms with Gasteiger partial charge in [-0.2, -0.15) is 0 Å². The molecule has 0 aliphatic carbocycles. The van der Waals surface area contributed by atoms with Gasteiger partial charge in [-0.05, 0) is 44.0 Å². The molecule has 0 heterocycles. The van der Waals surface area contributed by atoms with E-state index in [0.717, 1.165) is 11.1 Å². The maximum Gasteiger partial charge on any atom is 0.261 e. The highest BCUT2D eigenvalue weighted by Gasteiger charge is 2.29. The van der Waals surface area contributed by atoms with Crippen LogP contribution in [0.3, 0.4) is 0 Å². The van der Waals surface area contributed by atoms with E-state index in [1.165, 1.54) is 0 Å². The first kappa shape index (κ1) is 21.8. The zero-order valence-electron chi connectivity index (χ0n) is 16.6. The summed E-state index contributed by atoms with van der Waals surface area (Å²) in [6.07, 6.45) is 0.493. The maximum absolute atomic E-state index is 13.0. The minimum Gasteiger partial charge on any atom is -0.484 e. The van der Waals surface area contributed by atoms with Crippen molar-refractivity contribution in [2.75, 3.05) is 13.2 Å². The van der Waals surface area contributed by atoms with Gasteiger partial charge in [0.15, 0.2) is 6.61 Å². The van der Waals surface area contributed by atoms with E-state index >= 15 is 0 Å². The van der Waals surface area contributed by atoms with Gasteiger partial charge in [0, 0.05) is 18.1 Å². The summed E-state index contributed by atoms with van der Waals surface area (Å²) in [7, 11) is 0. The number of rotatable bonds is 9. The summed E-state index contributed by atoms with van der Waals surface area (Å²) in [4.78, 5) is 27.1. The Kier molecular flexibility index (Phi) is 8.33. The molecule has 2 aromatic carbocycles. The second-order valence-electron chi connectivity index (χ2n) is 6.53. The Morgan fingerprint density at radius 3 is 2.39 bits per heavy atom. The van der Waals surface area contributed by atoms with E-state index in [4.69, 9.17) is 16.3 Å². The van der Waals surface area contributed by atoms with Crippen LogP contribution in [0.25, 0.3) is 0 Å². The number of benzene rings is 2. The van der Waals surface area contributed by atoms with Crippen molar-refractivity contribution in [3.63, 3.8) is 0 Å². The first-order valence-corrected chi connectivity index (χ1v) is 9.84. The zero-order valence-corrected chi connectivity index (χ0v) is 17.3. The second kappa shape index (κ2) is 10.7. The van der Waals surface area contributed by atoms with E-state index in [9.17, 15) is 9.59 Å². The third-order valence-corrected chi connectivity index (χ3v) is 4.79. The Labute approximate surface area is 171 Å². The lowest BCUT2D eigenvalue weighted by Gasteiger charge is -2.30. The number of amides is 2. The van der Waals surface area contributed by atoms with Crippen molar-refractivity contribution in [1.29, 1.82) is 0 Å². The highest BCUT2D eigenvalue weighted by atomic mass is 35.5. The molecule has 1 atom stereocenters. The van der Waals surface area contributed by atoms with Crippen LogP contribution in [0, 0.1) is 6.92 Å². The Morgan fingerprint density at radius 2 is 1.79 bits per heavy atom. The van der Waals surface area contributed by atoms with E-state index < -0.39 is 6.04 Å². The topological polar surface area (TPSA) is 58.6 Å². The van der Waals surface area contributed by atoms with Gasteiger partial charge in [-0.1, -0.05) is 54.4 Å². The number of carbonyl (C=O) groups excluding carboxylic acids is 2. The first-order valence-electron chi connectivity index (χ1n) is 9.46. The molecule has 0 spiro atoms. The van der Waals surface area contributed by atoms with E-state index in [2.05, 4.69) is 5.32 Å². The van der Waals surface area contributed by atoms with Crippen molar-refractivity contribution < 1.29 is 14.3 Å². The molecule has 0 unspecified atom stereocenters. The van der Waals surface area contributed by atoms with Crippen LogP contribution in [-0.4, -0.2) is 35.9 Å². The van der Waals surface area contributed by atoms with Crippen molar-refractivity contribution in [1.82, 2.24) is 10.2 Å². The summed E-state index contributed by atoms with van der Waals surface area (Å²) >= 11 is 6.28. The molecule has 2 rings (SSSR count). The van der Waals surface area contributed by atoms with Gasteiger partial charge < -0.3 is 15.0 Å². The molecule has 5 nitrogen and oxygen atoms in total. The minimum absolute atomic E-state index is 0.149. The van der Waals surface area contributed by atoms with Crippen LogP contribution < -0.4 is 10.1 Å². The van der Waals surface area contributed by atoms with Crippen LogP contribution in [0.15, 0.2) is 48.5 Å². The lowest BCUT2D eigenvalue weighted by molar-refractivity contribution is -0.142. The number of nitrogens with zero attached hydrogens (tertiary/aromatic N) is 1. The summed E-state index contributed by atoms with van der Waals surface area (Å²) in [5.74, 6) is 0.169. The number of ether oxygens (including phenoxy) is 1. The molecule has 0 aliphatic rings. The molecule has 1 N–H and O–H groups in total. The van der Waals surface area contributed by atoms with Crippen molar-refractivity contribution in [3.05, 3.63) is 64.7 Å². The van der Waals surface area contributed by atoms with E-state index in [1.807, 2.05) is 63.2 Å². The molecule has 0 saturated heterocycles. The second-order valence-corrected chi connectivity index (χ2v) is 6.94. The summed E-state index contributed by atoms with van der Waals surface area (Å²) in [5, 5.41) is 3.37. The molecular weight excluding hydrogens is 376 g/mol. The fourth-order valence-electron chi connectivity index (χ4n) is 2.88. The molecule has 0 radical (unpaired) electrons. The quantitative estimate of drug-likeness (QED) is 0.690. The Hall–Kier alpha value is -2.53. The summed E-state index contributed by atoms with van der Waals surface area (Å²) in [5.41, 5.74) is 1.90. The third kappa shape index (κ3) is 5.99. The van der Waals surface area contributed by atoms with Gasteiger partial charge in [0.1, 0.15) is 11.8 Å². The van der Waals surface area contributed by atoms with Crippen LogP contribution in [0.1, 0.15) is 31.4 Å². The van der Waals surface area contributed by atoms with E-state index in [-0.39, 0.29) is 25.0 Å². The van der Waals surface area contributed by atoms with Gasteiger partial charge in [-0.15, -0.1) is 0 Å². The molecular formula is C22H27ClN2O3. The van der Waals surface area contributed by atoms with Crippen LogP contribution in [-0.2, 0) is 16.1 Å². The summed E-state index contributed by atoms with van der Waals surface area (Å²) in [6.45, 7) is 6.32. The average Bonchev–Trinajstić information content (AvgIpc) is 2.69. The Bertz CT molecular complexity index is 793. The fourth-order valence-corrected chi connectivity index (χ4v) is 3.08. The van der Waals surface area contributed by atoms with E-state index in [1.54, 1.807) is 11.0 Å². The van der Waals surface area contributed by atoms with Crippen molar-refractivity contribution in [3.8, 4) is 5.75 Å². The third-order valence-electron chi connectivity index (χ3n) is 4.42. The van der Waals surface area contributed by atoms with Crippen molar-refractivity contribution in [2.45, 2.75) is 39.8 Å². The standard InChI is InChI=1S/C22H27ClN2O3/c1-4-20(22(27)24-5-2)25(14-17-8-6-7-9-19(17)23)21(26)15-28-18-12-10-16(3)11-13-18/h6-13,20H,4-5,14-15H2,1-3H3,(H,24,27)/t20-/m1/s1. The Morgan fingerprint density at radius 1 is 1.11 bits per heavy atom. The molecule has 28 heavy (non-hydrogen) atoms. The van der Waals surface area contributed by atoms with Crippen LogP contribution in [0.2, 0.25) is 5.02 Å². The van der Waals surface area contributed by atoms with Crippen molar-refractivity contribution in [2.24, 2.45) is 0 Å². The smallest absolute Gasteiger partial charge is 0.261 e. The predicted octanol–water partition coefficient (Wildman–Crippen LogP) is 3.97. The van der Waals surface area contributed by atoms with Gasteiger partial charge in [0.05, 0.1) is 0 Å². The SMILES string of the molecule is CCNC(=O)[C@@H](CC)N(Cc1ccccc1Cl)C(=O)COc1ccc(C)cc1. The van der Waals surface area contributed by atoms with Crippen LogP contribution in [0.5, 0.6) is 5.75 Å². The molecule has 0 fully saturated rings. The highest BCUT2D eigenvalue weighted by Crippen LogP contribution is 2.20. The van der Waals surface area contributed by atoms with Gasteiger partial charge >= 0.3 is 0 Å². The molecule has 2 amide bonds. The first-order chi connectivity index (χ1) is 13.5. The molecule has 0 bridgehead atoms. The van der Waals surface area contributed by atoms with Gasteiger partial charge in [-0.3, -0.25) is 9.59 Å². The number of nitrogens with one attached hydrogen (secondary N) is 1. The molecule has 2 aromatic rings. The average molecular weight is 403 g/mol. The minimum atomic E-state index is -0.592. The Balaban J connectivity index is 2.20. The predicted molar refractivity (Wildman–Crippen MR) is 111 cm³/mol. The molecule has 0 saturated carbocycles. The fraction of sp³-hybridized carbons (Fsp3) is 0.364. The lowest BCUT2D eigenvalue weighted by atomic mass is 10.1. The van der Waals surface area contributed by atoms with Gasteiger partial charge in [0.2, 0.25) is 5.91 Å². The molecule has 150 valence electrons. The largest absolute Gasteiger partial charge is 0.484 e. The number of hydrogen-bond donors (Lipinski definition) is 1. The zero-order chi connectivity index (χ0) is 20.5. The number of hydrogen-bond acceptors (Lipinski definition) is 3.